The fourth-order valence-electron chi connectivity index (χ4n) is 3.04. The molecule has 2 heterocycles. The Bertz CT molecular complexity index is 288. The standard InChI is InChI=1S/C14H27NO2S/c1-13(2,15(3)4)12(16)11-5-7-17-14(9-11)6-8-18-10-14/h11-12,16H,5-10H2,1-4H3. The number of hydrogen-bond acceptors (Lipinski definition) is 4. The highest BCUT2D eigenvalue weighted by Crippen LogP contribution is 2.42. The van der Waals surface area contributed by atoms with E-state index in [1.54, 1.807) is 0 Å². The number of hydrogen-bond donors (Lipinski definition) is 1. The molecule has 106 valence electrons. The van der Waals surface area contributed by atoms with Crippen LogP contribution in [-0.2, 0) is 4.74 Å². The third-order valence-electron chi connectivity index (χ3n) is 4.92. The maximum atomic E-state index is 10.7. The zero-order valence-corrected chi connectivity index (χ0v) is 12.9. The van der Waals surface area contributed by atoms with Crippen LogP contribution in [-0.4, -0.2) is 59.5 Å². The molecule has 0 bridgehead atoms. The Labute approximate surface area is 115 Å². The number of aliphatic hydroxyl groups excluding tert-OH is 1. The number of ether oxygens (including phenoxy) is 1. The van der Waals surface area contributed by atoms with E-state index in [4.69, 9.17) is 4.74 Å². The fraction of sp³-hybridized carbons (Fsp3) is 1.00. The molecule has 0 amide bonds. The highest BCUT2D eigenvalue weighted by Gasteiger charge is 2.45. The third-order valence-corrected chi connectivity index (χ3v) is 6.14. The summed E-state index contributed by atoms with van der Waals surface area (Å²) in [7, 11) is 4.09. The molecule has 0 aromatic carbocycles. The zero-order chi connectivity index (χ0) is 13.4. The molecule has 3 atom stereocenters. The van der Waals surface area contributed by atoms with Gasteiger partial charge in [0.05, 0.1) is 11.7 Å². The Kier molecular flexibility index (Phi) is 4.32. The second kappa shape index (κ2) is 5.31. The molecular formula is C14H27NO2S. The SMILES string of the molecule is CN(C)C(C)(C)C(O)C1CCOC2(CCSC2)C1. The molecule has 2 aliphatic rings. The minimum Gasteiger partial charge on any atom is -0.391 e. The molecule has 3 nitrogen and oxygen atoms in total. The molecule has 2 rings (SSSR count). The van der Waals surface area contributed by atoms with E-state index in [9.17, 15) is 5.11 Å². The molecule has 0 radical (unpaired) electrons. The Morgan fingerprint density at radius 3 is 2.72 bits per heavy atom. The summed E-state index contributed by atoms with van der Waals surface area (Å²) < 4.78 is 6.03. The molecule has 0 aromatic rings. The summed E-state index contributed by atoms with van der Waals surface area (Å²) in [6.07, 6.45) is 2.89. The van der Waals surface area contributed by atoms with Crippen LogP contribution in [0.1, 0.15) is 33.1 Å². The fourth-order valence-corrected chi connectivity index (χ4v) is 4.42. The van der Waals surface area contributed by atoms with Crippen LogP contribution in [0.2, 0.25) is 0 Å². The molecule has 0 aromatic heterocycles. The number of nitrogens with zero attached hydrogens (tertiary/aromatic N) is 1. The number of thioether (sulfide) groups is 1. The van der Waals surface area contributed by atoms with Gasteiger partial charge in [-0.2, -0.15) is 11.8 Å². The van der Waals surface area contributed by atoms with E-state index in [0.717, 1.165) is 31.6 Å². The van der Waals surface area contributed by atoms with Crippen LogP contribution in [0.15, 0.2) is 0 Å². The van der Waals surface area contributed by atoms with Crippen molar-refractivity contribution in [2.24, 2.45) is 5.92 Å². The van der Waals surface area contributed by atoms with Crippen molar-refractivity contribution in [1.29, 1.82) is 0 Å². The lowest BCUT2D eigenvalue weighted by Crippen LogP contribution is -2.55. The van der Waals surface area contributed by atoms with E-state index < -0.39 is 0 Å². The lowest BCUT2D eigenvalue weighted by molar-refractivity contribution is -0.122. The van der Waals surface area contributed by atoms with E-state index in [1.807, 2.05) is 25.9 Å². The summed E-state index contributed by atoms with van der Waals surface area (Å²) >= 11 is 1.99. The summed E-state index contributed by atoms with van der Waals surface area (Å²) in [4.78, 5) is 2.13. The van der Waals surface area contributed by atoms with Gasteiger partial charge in [-0.05, 0) is 58.9 Å². The maximum absolute atomic E-state index is 10.7. The quantitative estimate of drug-likeness (QED) is 0.852. The van der Waals surface area contributed by atoms with E-state index >= 15 is 0 Å². The molecule has 0 aliphatic carbocycles. The third kappa shape index (κ3) is 2.72. The van der Waals surface area contributed by atoms with Crippen molar-refractivity contribution in [3.05, 3.63) is 0 Å². The Morgan fingerprint density at radius 1 is 1.44 bits per heavy atom. The van der Waals surface area contributed by atoms with Gasteiger partial charge in [0.25, 0.3) is 0 Å². The second-order valence-corrected chi connectivity index (χ2v) is 7.69. The molecule has 0 saturated carbocycles. The first-order valence-electron chi connectivity index (χ1n) is 6.95. The molecule has 2 aliphatic heterocycles. The van der Waals surface area contributed by atoms with Crippen molar-refractivity contribution in [2.45, 2.75) is 50.4 Å². The largest absolute Gasteiger partial charge is 0.391 e. The van der Waals surface area contributed by atoms with Gasteiger partial charge in [0.15, 0.2) is 0 Å². The summed E-state index contributed by atoms with van der Waals surface area (Å²) in [6, 6.07) is 0. The van der Waals surface area contributed by atoms with Gasteiger partial charge in [0, 0.05) is 17.9 Å². The van der Waals surface area contributed by atoms with Gasteiger partial charge in [-0.3, -0.25) is 0 Å². The van der Waals surface area contributed by atoms with Crippen molar-refractivity contribution >= 4 is 11.8 Å². The monoisotopic (exact) mass is 273 g/mol. The molecule has 2 fully saturated rings. The average molecular weight is 273 g/mol. The smallest absolute Gasteiger partial charge is 0.0783 e. The van der Waals surface area contributed by atoms with Gasteiger partial charge in [0.2, 0.25) is 0 Å². The number of likely N-dealkylation sites (N-methyl/N-ethyl adjacent to an activating group) is 1. The van der Waals surface area contributed by atoms with Crippen LogP contribution in [0.3, 0.4) is 0 Å². The molecule has 1 N–H and O–H groups in total. The molecule has 18 heavy (non-hydrogen) atoms. The first-order chi connectivity index (χ1) is 8.37. The number of aliphatic hydroxyl groups is 1. The first-order valence-corrected chi connectivity index (χ1v) is 8.10. The second-order valence-electron chi connectivity index (χ2n) is 6.58. The Balaban J connectivity index is 2.04. The van der Waals surface area contributed by atoms with E-state index in [0.29, 0.717) is 5.92 Å². The van der Waals surface area contributed by atoms with Crippen molar-refractivity contribution in [3.63, 3.8) is 0 Å². The van der Waals surface area contributed by atoms with Gasteiger partial charge in [-0.1, -0.05) is 0 Å². The van der Waals surface area contributed by atoms with Crippen molar-refractivity contribution in [3.8, 4) is 0 Å². The highest BCUT2D eigenvalue weighted by atomic mass is 32.2. The van der Waals surface area contributed by atoms with Crippen LogP contribution in [0, 0.1) is 5.92 Å². The van der Waals surface area contributed by atoms with Gasteiger partial charge in [-0.15, -0.1) is 0 Å². The maximum Gasteiger partial charge on any atom is 0.0783 e. The van der Waals surface area contributed by atoms with Gasteiger partial charge in [0.1, 0.15) is 0 Å². The van der Waals surface area contributed by atoms with Crippen LogP contribution < -0.4 is 0 Å². The normalized spacial score (nSPS) is 35.3. The van der Waals surface area contributed by atoms with Crippen LogP contribution in [0.4, 0.5) is 0 Å². The summed E-state index contributed by atoms with van der Waals surface area (Å²) in [5.41, 5.74) is -0.105. The van der Waals surface area contributed by atoms with E-state index in [2.05, 4.69) is 18.7 Å². The van der Waals surface area contributed by atoms with Crippen LogP contribution >= 0.6 is 11.8 Å². The van der Waals surface area contributed by atoms with Crippen LogP contribution in [0.5, 0.6) is 0 Å². The van der Waals surface area contributed by atoms with Crippen molar-refractivity contribution in [2.75, 3.05) is 32.2 Å². The van der Waals surface area contributed by atoms with Gasteiger partial charge < -0.3 is 14.7 Å². The first kappa shape index (κ1) is 14.6. The van der Waals surface area contributed by atoms with Gasteiger partial charge in [-0.25, -0.2) is 0 Å². The molecule has 2 saturated heterocycles. The molecule has 4 heteroatoms. The summed E-state index contributed by atoms with van der Waals surface area (Å²) in [5.74, 6) is 2.69. The van der Waals surface area contributed by atoms with Crippen LogP contribution in [0.25, 0.3) is 0 Å². The lowest BCUT2D eigenvalue weighted by Gasteiger charge is -2.46. The Morgan fingerprint density at radius 2 is 2.17 bits per heavy atom. The molecule has 1 spiro atoms. The predicted molar refractivity (Wildman–Crippen MR) is 77.1 cm³/mol. The minimum atomic E-state index is -0.279. The number of rotatable bonds is 3. The zero-order valence-electron chi connectivity index (χ0n) is 12.1. The topological polar surface area (TPSA) is 32.7 Å². The Hall–Kier alpha value is 0.230. The van der Waals surface area contributed by atoms with E-state index in [1.165, 1.54) is 5.75 Å². The summed E-state index contributed by atoms with van der Waals surface area (Å²) in [6.45, 7) is 5.07. The predicted octanol–water partition coefficient (Wildman–Crippen LogP) is 1.99. The minimum absolute atomic E-state index is 0.0664. The molecule has 3 unspecified atom stereocenters. The average Bonchev–Trinajstić information content (AvgIpc) is 2.76. The molecular weight excluding hydrogens is 246 g/mol. The van der Waals surface area contributed by atoms with E-state index in [-0.39, 0.29) is 17.2 Å². The van der Waals surface area contributed by atoms with Gasteiger partial charge >= 0.3 is 0 Å². The summed E-state index contributed by atoms with van der Waals surface area (Å²) in [5, 5.41) is 10.7. The van der Waals surface area contributed by atoms with Crippen molar-refractivity contribution < 1.29 is 9.84 Å². The lowest BCUT2D eigenvalue weighted by atomic mass is 9.76. The highest BCUT2D eigenvalue weighted by molar-refractivity contribution is 7.99. The van der Waals surface area contributed by atoms with Crippen molar-refractivity contribution in [1.82, 2.24) is 4.90 Å².